The maximum atomic E-state index is 11.4. The minimum atomic E-state index is -0.280. The van der Waals surface area contributed by atoms with Gasteiger partial charge in [-0.15, -0.1) is 11.3 Å². The summed E-state index contributed by atoms with van der Waals surface area (Å²) < 4.78 is 10.3. The van der Waals surface area contributed by atoms with Crippen LogP contribution in [0.3, 0.4) is 0 Å². The molecule has 0 amide bonds. The van der Waals surface area contributed by atoms with Crippen LogP contribution in [0.25, 0.3) is 11.3 Å². The highest BCUT2D eigenvalue weighted by Gasteiger charge is 2.07. The highest BCUT2D eigenvalue weighted by molar-refractivity contribution is 7.13. The van der Waals surface area contributed by atoms with E-state index in [1.807, 2.05) is 41.8 Å². The van der Waals surface area contributed by atoms with E-state index >= 15 is 0 Å². The van der Waals surface area contributed by atoms with Gasteiger partial charge >= 0.3 is 5.97 Å². The SMILES string of the molecule is CCOC(=O)Cc1csc(NN=Cc2cccc(-c3ccco3)c2)n1. The zero-order valence-corrected chi connectivity index (χ0v) is 14.5. The van der Waals surface area contributed by atoms with E-state index in [2.05, 4.69) is 15.5 Å². The number of benzene rings is 1. The first-order valence-electron chi connectivity index (χ1n) is 7.77. The molecule has 0 atom stereocenters. The third-order valence-electron chi connectivity index (χ3n) is 3.25. The topological polar surface area (TPSA) is 76.7 Å². The summed E-state index contributed by atoms with van der Waals surface area (Å²) in [5.74, 6) is 0.532. The number of anilines is 1. The average molecular weight is 355 g/mol. The van der Waals surface area contributed by atoms with E-state index in [0.717, 1.165) is 16.9 Å². The van der Waals surface area contributed by atoms with Crippen LogP contribution in [0.4, 0.5) is 5.13 Å². The molecule has 1 N–H and O–H groups in total. The summed E-state index contributed by atoms with van der Waals surface area (Å²) in [6.45, 7) is 2.15. The molecule has 0 aliphatic carbocycles. The first-order chi connectivity index (χ1) is 12.2. The fraction of sp³-hybridized carbons (Fsp3) is 0.167. The van der Waals surface area contributed by atoms with Gasteiger partial charge in [-0.3, -0.25) is 10.2 Å². The number of rotatable bonds is 7. The number of furan rings is 1. The summed E-state index contributed by atoms with van der Waals surface area (Å²) in [5, 5.41) is 6.62. The normalized spacial score (nSPS) is 10.9. The molecule has 25 heavy (non-hydrogen) atoms. The molecule has 128 valence electrons. The van der Waals surface area contributed by atoms with Crippen molar-refractivity contribution in [2.45, 2.75) is 13.3 Å². The Labute approximate surface area is 149 Å². The fourth-order valence-electron chi connectivity index (χ4n) is 2.18. The first kappa shape index (κ1) is 16.9. The van der Waals surface area contributed by atoms with Crippen molar-refractivity contribution in [3.8, 4) is 11.3 Å². The van der Waals surface area contributed by atoms with E-state index in [1.165, 1.54) is 11.3 Å². The standard InChI is InChI=1S/C18H17N3O3S/c1-2-23-17(22)10-15-12-25-18(20-15)21-19-11-13-5-3-6-14(9-13)16-7-4-8-24-16/h3-9,11-12H,2,10H2,1H3,(H,20,21). The minimum Gasteiger partial charge on any atom is -0.466 e. The number of ether oxygens (including phenoxy) is 1. The molecule has 3 aromatic rings. The molecule has 0 spiro atoms. The summed E-state index contributed by atoms with van der Waals surface area (Å²) >= 11 is 1.39. The third kappa shape index (κ3) is 4.77. The lowest BCUT2D eigenvalue weighted by Gasteiger charge is -1.99. The van der Waals surface area contributed by atoms with Crippen LogP contribution in [-0.2, 0) is 16.0 Å². The maximum absolute atomic E-state index is 11.4. The molecule has 0 unspecified atom stereocenters. The zero-order valence-electron chi connectivity index (χ0n) is 13.6. The second-order valence-corrected chi connectivity index (χ2v) is 5.96. The number of esters is 1. The molecular formula is C18H17N3O3S. The summed E-state index contributed by atoms with van der Waals surface area (Å²) in [7, 11) is 0. The molecule has 0 bridgehead atoms. The van der Waals surface area contributed by atoms with Crippen molar-refractivity contribution >= 4 is 28.7 Å². The fourth-order valence-corrected chi connectivity index (χ4v) is 2.84. The number of nitrogens with zero attached hydrogens (tertiary/aromatic N) is 2. The van der Waals surface area contributed by atoms with Gasteiger partial charge in [0.1, 0.15) is 5.76 Å². The Morgan fingerprint density at radius 2 is 2.32 bits per heavy atom. The van der Waals surface area contributed by atoms with Gasteiger partial charge in [-0.05, 0) is 30.7 Å². The van der Waals surface area contributed by atoms with Crippen molar-refractivity contribution in [1.82, 2.24) is 4.98 Å². The van der Waals surface area contributed by atoms with Gasteiger partial charge in [0.25, 0.3) is 0 Å². The molecule has 0 aliphatic heterocycles. The quantitative estimate of drug-likeness (QED) is 0.394. The average Bonchev–Trinajstić information content (AvgIpc) is 3.27. The molecule has 0 saturated heterocycles. The van der Waals surface area contributed by atoms with E-state index in [9.17, 15) is 4.79 Å². The molecule has 7 heteroatoms. The van der Waals surface area contributed by atoms with Crippen LogP contribution in [0.1, 0.15) is 18.2 Å². The Bertz CT molecular complexity index is 856. The number of thiazole rings is 1. The molecule has 0 fully saturated rings. The molecule has 2 heterocycles. The molecule has 1 aromatic carbocycles. The number of nitrogens with one attached hydrogen (secondary N) is 1. The van der Waals surface area contributed by atoms with E-state index < -0.39 is 0 Å². The molecule has 3 rings (SSSR count). The van der Waals surface area contributed by atoms with Gasteiger partial charge in [0.05, 0.1) is 31.2 Å². The van der Waals surface area contributed by atoms with Crippen LogP contribution < -0.4 is 5.43 Å². The summed E-state index contributed by atoms with van der Waals surface area (Å²) in [6, 6.07) is 11.6. The van der Waals surface area contributed by atoms with Crippen LogP contribution in [0, 0.1) is 0 Å². The van der Waals surface area contributed by atoms with Gasteiger partial charge in [0, 0.05) is 10.9 Å². The summed E-state index contributed by atoms with van der Waals surface area (Å²) in [4.78, 5) is 15.7. The smallest absolute Gasteiger partial charge is 0.311 e. The third-order valence-corrected chi connectivity index (χ3v) is 4.04. The Morgan fingerprint density at radius 1 is 1.40 bits per heavy atom. The van der Waals surface area contributed by atoms with Crippen molar-refractivity contribution in [1.29, 1.82) is 0 Å². The van der Waals surface area contributed by atoms with E-state index in [1.54, 1.807) is 19.4 Å². The summed E-state index contributed by atoms with van der Waals surface area (Å²) in [5.41, 5.74) is 5.46. The van der Waals surface area contributed by atoms with Crippen molar-refractivity contribution in [3.63, 3.8) is 0 Å². The van der Waals surface area contributed by atoms with Gasteiger partial charge < -0.3 is 9.15 Å². The molecule has 2 aromatic heterocycles. The van der Waals surface area contributed by atoms with Gasteiger partial charge in [-0.2, -0.15) is 5.10 Å². The predicted molar refractivity (Wildman–Crippen MR) is 97.8 cm³/mol. The first-order valence-corrected chi connectivity index (χ1v) is 8.65. The highest BCUT2D eigenvalue weighted by atomic mass is 32.1. The number of hydrogen-bond donors (Lipinski definition) is 1. The van der Waals surface area contributed by atoms with Gasteiger partial charge in [0.15, 0.2) is 0 Å². The molecule has 0 aliphatic rings. The van der Waals surface area contributed by atoms with E-state index in [-0.39, 0.29) is 12.4 Å². The monoisotopic (exact) mass is 355 g/mol. The second kappa shape index (κ2) is 8.25. The van der Waals surface area contributed by atoms with Crippen LogP contribution in [0.2, 0.25) is 0 Å². The molecule has 0 radical (unpaired) electrons. The lowest BCUT2D eigenvalue weighted by molar-refractivity contribution is -0.142. The lowest BCUT2D eigenvalue weighted by Crippen LogP contribution is -2.07. The predicted octanol–water partition coefficient (Wildman–Crippen LogP) is 3.95. The number of hydrogen-bond acceptors (Lipinski definition) is 7. The Kier molecular flexibility index (Phi) is 5.58. The van der Waals surface area contributed by atoms with Crippen LogP contribution >= 0.6 is 11.3 Å². The summed E-state index contributed by atoms with van der Waals surface area (Å²) in [6.07, 6.45) is 3.52. The minimum absolute atomic E-state index is 0.168. The van der Waals surface area contributed by atoms with Crippen LogP contribution in [-0.4, -0.2) is 23.8 Å². The number of carbonyl (C=O) groups excluding carboxylic acids is 1. The zero-order chi connectivity index (χ0) is 17.5. The van der Waals surface area contributed by atoms with Gasteiger partial charge in [0.2, 0.25) is 5.13 Å². The van der Waals surface area contributed by atoms with Crippen molar-refractivity contribution in [2.24, 2.45) is 5.10 Å². The van der Waals surface area contributed by atoms with Crippen LogP contribution in [0.15, 0.2) is 57.6 Å². The van der Waals surface area contributed by atoms with E-state index in [4.69, 9.17) is 9.15 Å². The second-order valence-electron chi connectivity index (χ2n) is 5.10. The number of hydrazone groups is 1. The number of carbonyl (C=O) groups is 1. The van der Waals surface area contributed by atoms with Crippen molar-refractivity contribution in [2.75, 3.05) is 12.0 Å². The largest absolute Gasteiger partial charge is 0.466 e. The van der Waals surface area contributed by atoms with Crippen molar-refractivity contribution < 1.29 is 13.9 Å². The van der Waals surface area contributed by atoms with Gasteiger partial charge in [-0.25, -0.2) is 4.98 Å². The Morgan fingerprint density at radius 3 is 3.12 bits per heavy atom. The molecular weight excluding hydrogens is 338 g/mol. The van der Waals surface area contributed by atoms with Gasteiger partial charge in [-0.1, -0.05) is 18.2 Å². The Hall–Kier alpha value is -2.93. The lowest BCUT2D eigenvalue weighted by atomic mass is 10.1. The van der Waals surface area contributed by atoms with Crippen LogP contribution in [0.5, 0.6) is 0 Å². The van der Waals surface area contributed by atoms with E-state index in [0.29, 0.717) is 17.4 Å². The Balaban J connectivity index is 1.59. The number of aromatic nitrogens is 1. The van der Waals surface area contributed by atoms with Crippen molar-refractivity contribution in [3.05, 3.63) is 59.3 Å². The molecule has 6 nitrogen and oxygen atoms in total. The maximum Gasteiger partial charge on any atom is 0.311 e. The highest BCUT2D eigenvalue weighted by Crippen LogP contribution is 2.20. The molecule has 0 saturated carbocycles.